The van der Waals surface area contributed by atoms with Gasteiger partial charge in [0.25, 0.3) is 0 Å². The molecule has 1 atom stereocenters. The summed E-state index contributed by atoms with van der Waals surface area (Å²) < 4.78 is 17.0. The molecule has 0 aliphatic rings. The van der Waals surface area contributed by atoms with Crippen LogP contribution < -0.4 is 0 Å². The fraction of sp³-hybridized carbons (Fsp3) is 0.940. The molecule has 0 rings (SSSR count). The van der Waals surface area contributed by atoms with Gasteiger partial charge in [0.2, 0.25) is 0 Å². The van der Waals surface area contributed by atoms with Crippen molar-refractivity contribution in [2.45, 2.75) is 238 Å². The number of hydrogen-bond acceptors (Lipinski definition) is 10. The van der Waals surface area contributed by atoms with Gasteiger partial charge in [0.05, 0.1) is 30.1 Å². The van der Waals surface area contributed by atoms with Gasteiger partial charge in [-0.15, -0.1) is 11.8 Å². The molecule has 0 saturated heterocycles. The minimum atomic E-state index is -1.21. The number of carbonyl (C=O) groups excluding carboxylic acids is 3. The Balaban J connectivity index is 4.68. The first-order chi connectivity index (χ1) is 29.3. The summed E-state index contributed by atoms with van der Waals surface area (Å²) in [6.45, 7) is 7.63. The lowest BCUT2D eigenvalue weighted by Crippen LogP contribution is -2.43. The molecule has 0 bridgehead atoms. The van der Waals surface area contributed by atoms with Crippen molar-refractivity contribution >= 4 is 53.2 Å². The summed E-state index contributed by atoms with van der Waals surface area (Å²) in [6, 6.07) is 0. The number of hydrogen-bond donors (Lipinski definition) is 1. The fourth-order valence-corrected chi connectivity index (χ4v) is 9.81. The molecule has 0 aliphatic heterocycles. The van der Waals surface area contributed by atoms with Crippen LogP contribution in [-0.2, 0) is 28.6 Å². The van der Waals surface area contributed by atoms with E-state index in [2.05, 4.69) is 20.8 Å². The third kappa shape index (κ3) is 40.2. The highest BCUT2D eigenvalue weighted by atomic mass is 32.2. The predicted octanol–water partition coefficient (Wildman–Crippen LogP) is 14.7. The summed E-state index contributed by atoms with van der Waals surface area (Å²) >= 11 is 5.13. The van der Waals surface area contributed by atoms with Gasteiger partial charge >= 0.3 is 17.9 Å². The average molecular weight is 906 g/mol. The third-order valence-electron chi connectivity index (χ3n) is 11.3. The molecule has 0 aliphatic carbocycles. The summed E-state index contributed by atoms with van der Waals surface area (Å²) in [7, 11) is 0. The number of carbonyl (C=O) groups is 3. The number of aliphatic hydroxyl groups excluding tert-OH is 1. The maximum absolute atomic E-state index is 13.0. The van der Waals surface area contributed by atoms with E-state index in [9.17, 15) is 19.5 Å². The maximum atomic E-state index is 13.0. The molecule has 0 amide bonds. The fourth-order valence-electron chi connectivity index (χ4n) is 7.03. The third-order valence-corrected chi connectivity index (χ3v) is 14.7. The van der Waals surface area contributed by atoms with E-state index in [-0.39, 0.29) is 55.8 Å². The van der Waals surface area contributed by atoms with Gasteiger partial charge in [0, 0.05) is 11.5 Å². The number of esters is 3. The van der Waals surface area contributed by atoms with Gasteiger partial charge in [-0.1, -0.05) is 194 Å². The lowest BCUT2D eigenvalue weighted by molar-refractivity contribution is -0.164. The summed E-state index contributed by atoms with van der Waals surface area (Å²) in [6.07, 6.45) is 39.4. The van der Waals surface area contributed by atoms with Crippen LogP contribution in [0.4, 0.5) is 0 Å². The number of ether oxygens (including phenoxy) is 3. The molecule has 0 spiro atoms. The zero-order chi connectivity index (χ0) is 44.0. The normalized spacial score (nSPS) is 12.2. The second-order valence-corrected chi connectivity index (χ2v) is 21.3. The molecule has 0 fully saturated rings. The van der Waals surface area contributed by atoms with Gasteiger partial charge in [-0.05, 0) is 43.4 Å². The first-order valence-corrected chi connectivity index (χ1v) is 28.6. The second kappa shape index (κ2) is 46.4. The van der Waals surface area contributed by atoms with E-state index in [1.165, 1.54) is 173 Å². The molecular formula is C50H96O7S3. The van der Waals surface area contributed by atoms with Crippen LogP contribution in [0.15, 0.2) is 0 Å². The lowest BCUT2D eigenvalue weighted by Gasteiger charge is -2.30. The highest BCUT2D eigenvalue weighted by molar-refractivity contribution is 8.00. The van der Waals surface area contributed by atoms with Crippen molar-refractivity contribution < 1.29 is 33.7 Å². The standard InChI is InChI=1S/C50H96O7S3/c1-5-8-11-14-17-20-23-26-29-32-37-58-40-35-47(52)55-43-50(42-51,44-56-48(53)36-41-59-38-33-30-27-24-21-18-15-12-9-6-2)45-57-49(54)46(4)60-39-34-31-28-25-22-19-16-13-10-7-3/h46,51H,5-45H2,1-4H3. The Morgan fingerprint density at radius 1 is 0.433 bits per heavy atom. The van der Waals surface area contributed by atoms with Gasteiger partial charge in [-0.25, -0.2) is 0 Å². The first-order valence-electron chi connectivity index (χ1n) is 25.2. The Bertz CT molecular complexity index is 907. The Morgan fingerprint density at radius 3 is 1.07 bits per heavy atom. The van der Waals surface area contributed by atoms with Crippen LogP contribution >= 0.6 is 35.3 Å². The molecule has 0 aromatic rings. The summed E-state index contributed by atoms with van der Waals surface area (Å²) in [5, 5.41) is 10.2. The van der Waals surface area contributed by atoms with Crippen LogP contribution in [-0.4, -0.2) is 83.5 Å². The smallest absolute Gasteiger partial charge is 0.318 e. The van der Waals surface area contributed by atoms with Gasteiger partial charge < -0.3 is 19.3 Å². The highest BCUT2D eigenvalue weighted by Crippen LogP contribution is 2.23. The van der Waals surface area contributed by atoms with E-state index >= 15 is 0 Å². The molecule has 1 N–H and O–H groups in total. The Hall–Kier alpha value is -0.580. The van der Waals surface area contributed by atoms with Gasteiger partial charge in [0.15, 0.2) is 0 Å². The minimum absolute atomic E-state index is 0.181. The van der Waals surface area contributed by atoms with E-state index in [1.54, 1.807) is 35.3 Å². The molecule has 10 heteroatoms. The van der Waals surface area contributed by atoms with Crippen LogP contribution in [0.1, 0.15) is 233 Å². The molecule has 1 unspecified atom stereocenters. The first kappa shape index (κ1) is 59.4. The molecule has 0 aromatic heterocycles. The molecule has 0 heterocycles. The quantitative estimate of drug-likeness (QED) is 0.0361. The maximum Gasteiger partial charge on any atom is 0.318 e. The molecule has 356 valence electrons. The number of aliphatic hydroxyl groups is 1. The highest BCUT2D eigenvalue weighted by Gasteiger charge is 2.36. The molecular weight excluding hydrogens is 809 g/mol. The molecule has 7 nitrogen and oxygen atoms in total. The monoisotopic (exact) mass is 905 g/mol. The summed E-state index contributed by atoms with van der Waals surface area (Å²) in [4.78, 5) is 38.6. The Morgan fingerprint density at radius 2 is 0.733 bits per heavy atom. The SMILES string of the molecule is CCCCCCCCCCCCSCCC(=O)OCC(CO)(COC(=O)CCSCCCCCCCCCCCC)COC(=O)C(C)SCCCCCCCCCCCC. The molecule has 60 heavy (non-hydrogen) atoms. The molecule has 0 aromatic carbocycles. The van der Waals surface area contributed by atoms with Crippen molar-refractivity contribution in [1.29, 1.82) is 0 Å². The van der Waals surface area contributed by atoms with Crippen LogP contribution in [0.2, 0.25) is 0 Å². The van der Waals surface area contributed by atoms with Crippen LogP contribution in [0.5, 0.6) is 0 Å². The van der Waals surface area contributed by atoms with Crippen molar-refractivity contribution in [3.8, 4) is 0 Å². The Kier molecular flexibility index (Phi) is 46.0. The van der Waals surface area contributed by atoms with Gasteiger partial charge in [-0.2, -0.15) is 23.5 Å². The van der Waals surface area contributed by atoms with Crippen molar-refractivity contribution in [2.24, 2.45) is 5.41 Å². The van der Waals surface area contributed by atoms with Gasteiger partial charge in [0.1, 0.15) is 19.8 Å². The van der Waals surface area contributed by atoms with Crippen LogP contribution in [0.3, 0.4) is 0 Å². The zero-order valence-electron chi connectivity index (χ0n) is 39.7. The molecule has 0 saturated carbocycles. The largest absolute Gasteiger partial charge is 0.465 e. The predicted molar refractivity (Wildman–Crippen MR) is 264 cm³/mol. The van der Waals surface area contributed by atoms with Crippen molar-refractivity contribution in [3.63, 3.8) is 0 Å². The van der Waals surface area contributed by atoms with Crippen molar-refractivity contribution in [2.75, 3.05) is 55.2 Å². The summed E-state index contributed by atoms with van der Waals surface area (Å²) in [5.41, 5.74) is -1.21. The second-order valence-electron chi connectivity index (χ2n) is 17.4. The number of rotatable bonds is 48. The van der Waals surface area contributed by atoms with Crippen molar-refractivity contribution in [1.82, 2.24) is 0 Å². The van der Waals surface area contributed by atoms with Gasteiger partial charge in [-0.3, -0.25) is 14.4 Å². The van der Waals surface area contributed by atoms with E-state index in [4.69, 9.17) is 14.2 Å². The van der Waals surface area contributed by atoms with E-state index < -0.39 is 12.0 Å². The van der Waals surface area contributed by atoms with Crippen LogP contribution in [0.25, 0.3) is 0 Å². The van der Waals surface area contributed by atoms with E-state index in [1.807, 2.05) is 6.92 Å². The van der Waals surface area contributed by atoms with E-state index in [0.717, 1.165) is 36.5 Å². The Labute approximate surface area is 384 Å². The minimum Gasteiger partial charge on any atom is -0.465 e. The number of unbranched alkanes of at least 4 members (excludes halogenated alkanes) is 27. The molecule has 0 radical (unpaired) electrons. The average Bonchev–Trinajstić information content (AvgIpc) is 3.25. The zero-order valence-corrected chi connectivity index (χ0v) is 42.1. The van der Waals surface area contributed by atoms with Crippen molar-refractivity contribution in [3.05, 3.63) is 0 Å². The number of thioether (sulfide) groups is 3. The van der Waals surface area contributed by atoms with E-state index in [0.29, 0.717) is 11.5 Å². The lowest BCUT2D eigenvalue weighted by atomic mass is 9.92. The topological polar surface area (TPSA) is 99.1 Å². The van der Waals surface area contributed by atoms with Crippen LogP contribution in [0, 0.1) is 5.41 Å². The summed E-state index contributed by atoms with van der Waals surface area (Å²) in [5.74, 6) is 3.23.